The number of rotatable bonds is 3. The summed E-state index contributed by atoms with van der Waals surface area (Å²) >= 11 is 0. The third kappa shape index (κ3) is 2.08. The molecule has 1 aromatic carbocycles. The molecule has 0 aliphatic carbocycles. The number of hydrogen-bond acceptors (Lipinski definition) is 2. The van der Waals surface area contributed by atoms with Crippen LogP contribution < -0.4 is 4.90 Å². The van der Waals surface area contributed by atoms with Gasteiger partial charge in [-0.3, -0.25) is 4.79 Å². The fraction of sp³-hybridized carbons (Fsp3) is 0.462. The highest BCUT2D eigenvalue weighted by Crippen LogP contribution is 2.27. The zero-order valence-corrected chi connectivity index (χ0v) is 9.45. The van der Waals surface area contributed by atoms with E-state index >= 15 is 0 Å². The van der Waals surface area contributed by atoms with Crippen molar-refractivity contribution in [3.05, 3.63) is 29.6 Å². The monoisotopic (exact) mass is 221 g/mol. The van der Waals surface area contributed by atoms with Gasteiger partial charge >= 0.3 is 0 Å². The lowest BCUT2D eigenvalue weighted by Crippen LogP contribution is -2.20. The zero-order chi connectivity index (χ0) is 11.5. The Hall–Kier alpha value is -1.38. The molecule has 1 aliphatic heterocycles. The van der Waals surface area contributed by atoms with Crippen molar-refractivity contribution in [3.8, 4) is 0 Å². The van der Waals surface area contributed by atoms with Crippen molar-refractivity contribution in [2.45, 2.75) is 19.8 Å². The Morgan fingerprint density at radius 3 is 2.94 bits per heavy atom. The molecular weight excluding hydrogens is 205 g/mol. The number of halogens is 1. The molecule has 0 N–H and O–H groups in total. The molecule has 86 valence electrons. The zero-order valence-electron chi connectivity index (χ0n) is 9.45. The Bertz CT molecular complexity index is 392. The summed E-state index contributed by atoms with van der Waals surface area (Å²) in [4.78, 5) is 12.6. The van der Waals surface area contributed by atoms with Gasteiger partial charge in [0.1, 0.15) is 12.1 Å². The van der Waals surface area contributed by atoms with E-state index in [-0.39, 0.29) is 5.82 Å². The van der Waals surface area contributed by atoms with Gasteiger partial charge in [0.25, 0.3) is 0 Å². The summed E-state index contributed by atoms with van der Waals surface area (Å²) in [5.74, 6) is 0.381. The van der Waals surface area contributed by atoms with E-state index in [4.69, 9.17) is 0 Å². The Morgan fingerprint density at radius 1 is 1.56 bits per heavy atom. The van der Waals surface area contributed by atoms with Crippen molar-refractivity contribution in [1.82, 2.24) is 0 Å². The van der Waals surface area contributed by atoms with Crippen LogP contribution >= 0.6 is 0 Å². The van der Waals surface area contributed by atoms with Gasteiger partial charge in [-0.05, 0) is 30.5 Å². The molecule has 3 heteroatoms. The second-order valence-electron chi connectivity index (χ2n) is 4.34. The van der Waals surface area contributed by atoms with Crippen LogP contribution in [0.5, 0.6) is 0 Å². The van der Waals surface area contributed by atoms with Gasteiger partial charge in [-0.15, -0.1) is 0 Å². The lowest BCUT2D eigenvalue weighted by molar-refractivity contribution is 0.112. The highest BCUT2D eigenvalue weighted by atomic mass is 19.1. The van der Waals surface area contributed by atoms with Crippen molar-refractivity contribution in [2.75, 3.05) is 18.0 Å². The molecule has 0 bridgehead atoms. The minimum absolute atomic E-state index is 0.290. The molecule has 1 fully saturated rings. The smallest absolute Gasteiger partial charge is 0.150 e. The van der Waals surface area contributed by atoms with Crippen molar-refractivity contribution in [2.24, 2.45) is 5.92 Å². The van der Waals surface area contributed by atoms with Crippen LogP contribution in [0.2, 0.25) is 0 Å². The number of anilines is 1. The maximum absolute atomic E-state index is 13.7. The summed E-state index contributed by atoms with van der Waals surface area (Å²) in [6, 6.07) is 4.68. The molecule has 1 aliphatic rings. The normalized spacial score (nSPS) is 20.1. The predicted molar refractivity (Wildman–Crippen MR) is 62.4 cm³/mol. The first-order chi connectivity index (χ1) is 7.74. The molecule has 16 heavy (non-hydrogen) atoms. The van der Waals surface area contributed by atoms with E-state index in [1.807, 2.05) is 0 Å². The van der Waals surface area contributed by atoms with E-state index in [0.29, 0.717) is 23.5 Å². The van der Waals surface area contributed by atoms with E-state index in [1.165, 1.54) is 6.07 Å². The topological polar surface area (TPSA) is 20.3 Å². The molecule has 0 spiro atoms. The number of aldehydes is 1. The molecule has 1 unspecified atom stereocenters. The number of benzene rings is 1. The van der Waals surface area contributed by atoms with E-state index < -0.39 is 0 Å². The fourth-order valence-corrected chi connectivity index (χ4v) is 2.24. The summed E-state index contributed by atoms with van der Waals surface area (Å²) < 4.78 is 13.7. The fourth-order valence-electron chi connectivity index (χ4n) is 2.24. The minimum Gasteiger partial charge on any atom is -0.369 e. The average Bonchev–Trinajstić information content (AvgIpc) is 2.77. The summed E-state index contributed by atoms with van der Waals surface area (Å²) in [6.45, 7) is 4.00. The number of carbonyl (C=O) groups excluding carboxylic acids is 1. The highest BCUT2D eigenvalue weighted by Gasteiger charge is 2.23. The maximum atomic E-state index is 13.7. The van der Waals surface area contributed by atoms with Gasteiger partial charge in [0.15, 0.2) is 0 Å². The van der Waals surface area contributed by atoms with Crippen LogP contribution in [-0.2, 0) is 0 Å². The molecule has 1 heterocycles. The predicted octanol–water partition coefficient (Wildman–Crippen LogP) is 2.87. The van der Waals surface area contributed by atoms with Crippen molar-refractivity contribution in [1.29, 1.82) is 0 Å². The van der Waals surface area contributed by atoms with Gasteiger partial charge in [0, 0.05) is 18.7 Å². The van der Waals surface area contributed by atoms with E-state index in [0.717, 1.165) is 25.9 Å². The van der Waals surface area contributed by atoms with Crippen LogP contribution in [-0.4, -0.2) is 19.4 Å². The van der Waals surface area contributed by atoms with E-state index in [2.05, 4.69) is 11.8 Å². The van der Waals surface area contributed by atoms with E-state index in [9.17, 15) is 9.18 Å². The largest absolute Gasteiger partial charge is 0.369 e. The number of nitrogens with zero attached hydrogens (tertiary/aromatic N) is 1. The quantitative estimate of drug-likeness (QED) is 0.731. The van der Waals surface area contributed by atoms with Gasteiger partial charge < -0.3 is 4.90 Å². The van der Waals surface area contributed by atoms with Gasteiger partial charge in [-0.25, -0.2) is 4.39 Å². The second-order valence-corrected chi connectivity index (χ2v) is 4.34. The van der Waals surface area contributed by atoms with Crippen molar-refractivity contribution >= 4 is 12.0 Å². The van der Waals surface area contributed by atoms with Crippen LogP contribution in [0.25, 0.3) is 0 Å². The van der Waals surface area contributed by atoms with Crippen LogP contribution in [0.15, 0.2) is 18.2 Å². The first kappa shape index (κ1) is 11.1. The van der Waals surface area contributed by atoms with Crippen LogP contribution in [0.4, 0.5) is 10.1 Å². The van der Waals surface area contributed by atoms with Gasteiger partial charge in [0.2, 0.25) is 0 Å². The molecule has 1 atom stereocenters. The molecule has 0 aromatic heterocycles. The summed E-state index contributed by atoms with van der Waals surface area (Å²) in [6.07, 6.45) is 2.95. The van der Waals surface area contributed by atoms with Gasteiger partial charge in [0.05, 0.1) is 5.69 Å². The lowest BCUT2D eigenvalue weighted by atomic mass is 10.1. The first-order valence-electron chi connectivity index (χ1n) is 5.74. The summed E-state index contributed by atoms with van der Waals surface area (Å²) in [5.41, 5.74) is 1.02. The van der Waals surface area contributed by atoms with Crippen LogP contribution in [0, 0.1) is 11.7 Å². The minimum atomic E-state index is -0.290. The molecule has 2 rings (SSSR count). The van der Waals surface area contributed by atoms with Crippen LogP contribution in [0.1, 0.15) is 30.1 Å². The standard InChI is InChI=1S/C13H16FNO/c1-2-10-5-6-15(8-10)13-4-3-11(9-16)7-12(13)14/h3-4,7,9-10H,2,5-6,8H2,1H3. The third-order valence-electron chi connectivity index (χ3n) is 3.31. The molecular formula is C13H16FNO. The maximum Gasteiger partial charge on any atom is 0.150 e. The Morgan fingerprint density at radius 2 is 2.38 bits per heavy atom. The Labute approximate surface area is 95.1 Å². The first-order valence-corrected chi connectivity index (χ1v) is 5.74. The molecule has 1 aromatic rings. The van der Waals surface area contributed by atoms with Crippen molar-refractivity contribution < 1.29 is 9.18 Å². The Kier molecular flexibility index (Phi) is 3.22. The summed E-state index contributed by atoms with van der Waals surface area (Å²) in [5, 5.41) is 0. The molecule has 1 saturated heterocycles. The molecule has 0 radical (unpaired) electrons. The number of hydrogen-bond donors (Lipinski definition) is 0. The lowest BCUT2D eigenvalue weighted by Gasteiger charge is -2.19. The van der Waals surface area contributed by atoms with Gasteiger partial charge in [-0.1, -0.05) is 13.3 Å². The molecule has 0 amide bonds. The highest BCUT2D eigenvalue weighted by molar-refractivity contribution is 5.76. The molecule has 0 saturated carbocycles. The second kappa shape index (κ2) is 4.64. The van der Waals surface area contributed by atoms with E-state index in [1.54, 1.807) is 12.1 Å². The third-order valence-corrected chi connectivity index (χ3v) is 3.31. The summed E-state index contributed by atoms with van der Waals surface area (Å²) in [7, 11) is 0. The molecule has 2 nitrogen and oxygen atoms in total. The van der Waals surface area contributed by atoms with Crippen LogP contribution in [0.3, 0.4) is 0 Å². The van der Waals surface area contributed by atoms with Gasteiger partial charge in [-0.2, -0.15) is 0 Å². The Balaban J connectivity index is 2.18. The SMILES string of the molecule is CCC1CCN(c2ccc(C=O)cc2F)C1. The van der Waals surface area contributed by atoms with Crippen molar-refractivity contribution in [3.63, 3.8) is 0 Å². The number of carbonyl (C=O) groups is 1. The average molecular weight is 221 g/mol.